The van der Waals surface area contributed by atoms with Gasteiger partial charge in [-0.3, -0.25) is 53.1 Å². The molecular weight excluding hydrogens is 1070 g/mol. The van der Waals surface area contributed by atoms with Crippen molar-refractivity contribution in [2.45, 2.75) is 212 Å². The van der Waals surface area contributed by atoms with Gasteiger partial charge < -0.3 is 81.6 Å². The number of phenolic OH excluding ortho intramolecular Hbond substituents is 1. The number of guanidine groups is 2. The summed E-state index contributed by atoms with van der Waals surface area (Å²) in [5.41, 5.74) is 34.2. The Morgan fingerprint density at radius 3 is 1.69 bits per heavy atom. The van der Waals surface area contributed by atoms with Gasteiger partial charge in [0, 0.05) is 39.0 Å². The van der Waals surface area contributed by atoms with Crippen LogP contribution in [0.5, 0.6) is 5.75 Å². The van der Waals surface area contributed by atoms with Crippen molar-refractivity contribution in [3.05, 3.63) is 36.4 Å². The first-order valence-electron chi connectivity index (χ1n) is 29.6. The van der Waals surface area contributed by atoms with Crippen LogP contribution in [-0.2, 0) is 49.6 Å². The molecular formula is C57H99N16O10. The highest BCUT2D eigenvalue weighted by molar-refractivity contribution is 5.98. The fourth-order valence-corrected chi connectivity index (χ4v) is 9.37. The number of aromatic hydroxyl groups is 1. The van der Waals surface area contributed by atoms with Crippen molar-refractivity contribution < 1.29 is 48.3 Å². The smallest absolute Gasteiger partial charge is 0.245 e. The second-order valence-corrected chi connectivity index (χ2v) is 22.1. The first-order valence-corrected chi connectivity index (χ1v) is 29.6. The summed E-state index contributed by atoms with van der Waals surface area (Å²) in [6.45, 7) is 10.3. The number of nitrogens with one attached hydrogen (secondary N) is 7. The quantitative estimate of drug-likeness (QED) is 0.0240. The Labute approximate surface area is 490 Å². The lowest BCUT2D eigenvalue weighted by atomic mass is 9.99. The lowest BCUT2D eigenvalue weighted by Gasteiger charge is -2.31. The maximum Gasteiger partial charge on any atom is 0.245 e. The minimum atomic E-state index is -1.39. The largest absolute Gasteiger partial charge is 0.508 e. The van der Waals surface area contributed by atoms with Crippen LogP contribution >= 0.6 is 0 Å². The Morgan fingerprint density at radius 2 is 1.14 bits per heavy atom. The number of primary amides is 1. The van der Waals surface area contributed by atoms with Crippen LogP contribution in [0.15, 0.2) is 34.3 Å². The van der Waals surface area contributed by atoms with Gasteiger partial charge in [-0.05, 0) is 87.3 Å². The Bertz CT molecular complexity index is 2260. The zero-order chi connectivity index (χ0) is 61.9. The van der Waals surface area contributed by atoms with Crippen molar-refractivity contribution in [3.63, 3.8) is 0 Å². The SMILES string of the molecule is CCCCCCCCCCCCCC(=O)N[CH]C(=O)NC(CCCN=C(N)N)C(=O)N1CCCC1C(=O)NC(CCCN=C(N)N)C(=O)NC(C(=O)NC(Cc1ccc(O)cc1)C(=O)NC(CN)C(=O)NC(CCC(C)C)C(N)=O)C(C)C. The van der Waals surface area contributed by atoms with Crippen molar-refractivity contribution in [1.29, 1.82) is 0 Å². The highest BCUT2D eigenvalue weighted by Crippen LogP contribution is 2.21. The molecule has 7 unspecified atom stereocenters. The van der Waals surface area contributed by atoms with E-state index in [0.717, 1.165) is 25.8 Å². The summed E-state index contributed by atoms with van der Waals surface area (Å²) in [6, 6.07) is -2.83. The summed E-state index contributed by atoms with van der Waals surface area (Å²) >= 11 is 0. The average molecular weight is 1170 g/mol. The number of unbranched alkanes of at least 4 members (excludes halogenated alkanes) is 10. The van der Waals surface area contributed by atoms with Gasteiger partial charge in [-0.25, -0.2) is 0 Å². The number of amides is 9. The molecule has 26 heteroatoms. The van der Waals surface area contributed by atoms with Gasteiger partial charge in [0.1, 0.15) is 54.6 Å². The summed E-state index contributed by atoms with van der Waals surface area (Å²) in [4.78, 5) is 132. The molecule has 2 rings (SSSR count). The van der Waals surface area contributed by atoms with Gasteiger partial charge in [0.25, 0.3) is 0 Å². The molecule has 1 saturated heterocycles. The van der Waals surface area contributed by atoms with E-state index in [1.165, 1.54) is 74.1 Å². The molecule has 0 bridgehead atoms. The third kappa shape index (κ3) is 29.5. The molecule has 26 nitrogen and oxygen atoms in total. The molecule has 1 fully saturated rings. The van der Waals surface area contributed by atoms with Crippen LogP contribution in [0.25, 0.3) is 0 Å². The molecule has 20 N–H and O–H groups in total. The molecule has 1 aliphatic heterocycles. The molecule has 1 aliphatic rings. The number of nitrogens with two attached hydrogens (primary N) is 6. The van der Waals surface area contributed by atoms with E-state index in [0.29, 0.717) is 24.8 Å². The van der Waals surface area contributed by atoms with E-state index in [1.54, 1.807) is 13.8 Å². The van der Waals surface area contributed by atoms with Gasteiger partial charge in [0.2, 0.25) is 53.2 Å². The third-order valence-electron chi connectivity index (χ3n) is 14.2. The van der Waals surface area contributed by atoms with Gasteiger partial charge in [0.05, 0.1) is 0 Å². The van der Waals surface area contributed by atoms with Crippen LogP contribution in [0.2, 0.25) is 0 Å². The number of carbonyl (C=O) groups is 9. The van der Waals surface area contributed by atoms with Crippen LogP contribution in [0.4, 0.5) is 0 Å². The number of nitrogens with zero attached hydrogens (tertiary/aromatic N) is 3. The van der Waals surface area contributed by atoms with E-state index in [1.807, 2.05) is 13.8 Å². The highest BCUT2D eigenvalue weighted by atomic mass is 16.3. The summed E-state index contributed by atoms with van der Waals surface area (Å²) in [5, 5.41) is 28.5. The summed E-state index contributed by atoms with van der Waals surface area (Å²) in [5.74, 6) is -7.18. The van der Waals surface area contributed by atoms with Crippen molar-refractivity contribution >= 4 is 65.1 Å². The van der Waals surface area contributed by atoms with Gasteiger partial charge in [0.15, 0.2) is 11.9 Å². The van der Waals surface area contributed by atoms with Crippen molar-refractivity contribution in [2.24, 2.45) is 56.2 Å². The number of phenols is 1. The van der Waals surface area contributed by atoms with Gasteiger partial charge in [-0.1, -0.05) is 111 Å². The molecule has 1 aromatic carbocycles. The summed E-state index contributed by atoms with van der Waals surface area (Å²) < 4.78 is 0. The Hall–Kier alpha value is -7.25. The number of hydrogen-bond donors (Lipinski definition) is 14. The molecule has 467 valence electrons. The van der Waals surface area contributed by atoms with E-state index < -0.39 is 102 Å². The van der Waals surface area contributed by atoms with Crippen molar-refractivity contribution in [2.75, 3.05) is 26.2 Å². The number of benzene rings is 1. The Balaban J connectivity index is 2.29. The fourth-order valence-electron chi connectivity index (χ4n) is 9.37. The predicted octanol–water partition coefficient (Wildman–Crippen LogP) is 0.457. The summed E-state index contributed by atoms with van der Waals surface area (Å²) in [6.07, 6.45) is 14.4. The Morgan fingerprint density at radius 1 is 0.614 bits per heavy atom. The maximum absolute atomic E-state index is 14.4. The number of rotatable bonds is 42. The van der Waals surface area contributed by atoms with E-state index in [-0.39, 0.29) is 100 Å². The molecule has 0 saturated carbocycles. The monoisotopic (exact) mass is 1170 g/mol. The van der Waals surface area contributed by atoms with Gasteiger partial charge in [-0.2, -0.15) is 0 Å². The summed E-state index contributed by atoms with van der Waals surface area (Å²) in [7, 11) is 0. The average Bonchev–Trinajstić information content (AvgIpc) is 4.09. The molecule has 1 heterocycles. The first kappa shape index (κ1) is 71.9. The predicted molar refractivity (Wildman–Crippen MR) is 319 cm³/mol. The molecule has 0 spiro atoms. The highest BCUT2D eigenvalue weighted by Gasteiger charge is 2.40. The van der Waals surface area contributed by atoms with Crippen molar-refractivity contribution in [3.8, 4) is 5.75 Å². The van der Waals surface area contributed by atoms with Crippen molar-refractivity contribution in [1.82, 2.24) is 42.1 Å². The standard InChI is InChI=1S/C57H99N16O10/c1-6-7-8-9-10-11-12-13-14-15-16-23-46(75)66-35-47(76)67-42(21-18-31-65-57(62)63)55(83)73-32-19-22-45(73)53(81)69-41(20-17-30-64-56(60)61)50(78)72-48(37(4)5)54(82)70-43(33-38-25-27-39(74)28-26-38)51(79)71-44(34-58)52(80)68-40(49(59)77)29-24-36(2)3/h25-28,35-37,40-45,48,74H,6-24,29-34,58H2,1-5H3,(H2,59,77)(H,66,75)(H,67,76)(H,68,80)(H,69,81)(H,70,82)(H,71,79)(H,72,78)(H4,60,61,64)(H4,62,63,65). The van der Waals surface area contributed by atoms with Crippen LogP contribution in [-0.4, -0.2) is 144 Å². The zero-order valence-electron chi connectivity index (χ0n) is 49.7. The molecule has 7 atom stereocenters. The minimum Gasteiger partial charge on any atom is -0.508 e. The third-order valence-corrected chi connectivity index (χ3v) is 14.2. The molecule has 9 amide bonds. The van der Waals surface area contributed by atoms with Gasteiger partial charge >= 0.3 is 0 Å². The molecule has 0 aliphatic carbocycles. The molecule has 1 aromatic rings. The fraction of sp³-hybridized carbons (Fsp3) is 0.684. The second-order valence-electron chi connectivity index (χ2n) is 22.1. The number of carbonyl (C=O) groups excluding carboxylic acids is 9. The molecule has 0 aromatic heterocycles. The normalized spacial score (nSPS) is 15.1. The maximum atomic E-state index is 14.4. The number of hydrogen-bond acceptors (Lipinski definition) is 13. The van der Waals surface area contributed by atoms with Gasteiger partial charge in [-0.15, -0.1) is 0 Å². The first-order chi connectivity index (χ1) is 39.5. The van der Waals surface area contributed by atoms with Crippen LogP contribution in [0.3, 0.4) is 0 Å². The topological polar surface area (TPSA) is 442 Å². The lowest BCUT2D eigenvalue weighted by Crippen LogP contribution is -2.61. The number of aliphatic imine (C=N–C) groups is 2. The van der Waals surface area contributed by atoms with Crippen LogP contribution in [0.1, 0.15) is 169 Å². The molecule has 1 radical (unpaired) electrons. The van der Waals surface area contributed by atoms with E-state index >= 15 is 0 Å². The number of likely N-dealkylation sites (tertiary alicyclic amines) is 1. The lowest BCUT2D eigenvalue weighted by molar-refractivity contribution is -0.142. The van der Waals surface area contributed by atoms with Crippen LogP contribution in [0, 0.1) is 18.4 Å². The van der Waals surface area contributed by atoms with E-state index in [4.69, 9.17) is 34.4 Å². The minimum absolute atomic E-state index is 0.0335. The van der Waals surface area contributed by atoms with E-state index in [9.17, 15) is 48.3 Å². The molecule has 83 heavy (non-hydrogen) atoms. The van der Waals surface area contributed by atoms with Crippen LogP contribution < -0.4 is 71.6 Å². The van der Waals surface area contributed by atoms with E-state index in [2.05, 4.69) is 54.1 Å². The zero-order valence-corrected chi connectivity index (χ0v) is 49.7. The Kier molecular flexibility index (Phi) is 34.7. The second kappa shape index (κ2) is 40.1.